The maximum atomic E-state index is 14.0. The highest BCUT2D eigenvalue weighted by Gasteiger charge is 2.19. The van der Waals surface area contributed by atoms with Crippen molar-refractivity contribution >= 4 is 23.0 Å². The van der Waals surface area contributed by atoms with E-state index in [4.69, 9.17) is 0 Å². The number of carbonyl (C=O) groups is 1. The Bertz CT molecular complexity index is 982. The van der Waals surface area contributed by atoms with Gasteiger partial charge in [0.15, 0.2) is 0 Å². The fourth-order valence-corrected chi connectivity index (χ4v) is 3.47. The monoisotopic (exact) mass is 393 g/mol. The summed E-state index contributed by atoms with van der Waals surface area (Å²) < 4.78 is 27.0. The lowest BCUT2D eigenvalue weighted by Gasteiger charge is -2.37. The van der Waals surface area contributed by atoms with Crippen LogP contribution in [0, 0.1) is 11.6 Å². The van der Waals surface area contributed by atoms with Gasteiger partial charge in [0.2, 0.25) is 0 Å². The van der Waals surface area contributed by atoms with Crippen LogP contribution in [0.3, 0.4) is 0 Å². The van der Waals surface area contributed by atoms with Crippen LogP contribution < -0.4 is 15.1 Å². The van der Waals surface area contributed by atoms with Crippen molar-refractivity contribution in [1.82, 2.24) is 0 Å². The second-order valence-corrected chi connectivity index (χ2v) is 6.93. The summed E-state index contributed by atoms with van der Waals surface area (Å²) in [6, 6.07) is 19.9. The van der Waals surface area contributed by atoms with Crippen molar-refractivity contribution in [2.75, 3.05) is 41.3 Å². The standard InChI is InChI=1S/C23H21F2N3O/c24-18-7-5-17(6-8-18)23(29)26-19-9-11-20(12-10-19)27-13-15-28(16-14-27)22-4-2-1-3-21(22)25/h1-12H,13-16H2,(H,26,29). The molecule has 1 amide bonds. The molecule has 0 unspecified atom stereocenters. The summed E-state index contributed by atoms with van der Waals surface area (Å²) in [5, 5.41) is 2.81. The third-order valence-electron chi connectivity index (χ3n) is 5.07. The van der Waals surface area contributed by atoms with Crippen molar-refractivity contribution in [1.29, 1.82) is 0 Å². The minimum Gasteiger partial charge on any atom is -0.368 e. The van der Waals surface area contributed by atoms with E-state index < -0.39 is 0 Å². The van der Waals surface area contributed by atoms with Gasteiger partial charge in [-0.1, -0.05) is 12.1 Å². The lowest BCUT2D eigenvalue weighted by atomic mass is 10.2. The zero-order valence-corrected chi connectivity index (χ0v) is 15.8. The number of nitrogens with zero attached hydrogens (tertiary/aromatic N) is 2. The van der Waals surface area contributed by atoms with E-state index in [1.165, 1.54) is 30.3 Å². The Balaban J connectivity index is 1.35. The number of benzene rings is 3. The molecule has 0 atom stereocenters. The molecule has 1 fully saturated rings. The van der Waals surface area contributed by atoms with Crippen LogP contribution in [0.1, 0.15) is 10.4 Å². The van der Waals surface area contributed by atoms with E-state index in [0.29, 0.717) is 16.9 Å². The minimum atomic E-state index is -0.374. The van der Waals surface area contributed by atoms with Crippen molar-refractivity contribution in [2.24, 2.45) is 0 Å². The van der Waals surface area contributed by atoms with Crippen LogP contribution in [0.25, 0.3) is 0 Å². The number of amides is 1. The molecule has 1 aliphatic rings. The van der Waals surface area contributed by atoms with Gasteiger partial charge in [0.25, 0.3) is 5.91 Å². The van der Waals surface area contributed by atoms with E-state index >= 15 is 0 Å². The van der Waals surface area contributed by atoms with Crippen molar-refractivity contribution in [3.05, 3.63) is 90.0 Å². The fraction of sp³-hybridized carbons (Fsp3) is 0.174. The lowest BCUT2D eigenvalue weighted by Crippen LogP contribution is -2.46. The third-order valence-corrected chi connectivity index (χ3v) is 5.07. The van der Waals surface area contributed by atoms with Crippen LogP contribution >= 0.6 is 0 Å². The molecule has 3 aromatic rings. The molecule has 0 radical (unpaired) electrons. The molecule has 3 aromatic carbocycles. The number of hydrogen-bond donors (Lipinski definition) is 1. The molecule has 148 valence electrons. The van der Waals surface area contributed by atoms with Gasteiger partial charge in [0.1, 0.15) is 11.6 Å². The quantitative estimate of drug-likeness (QED) is 0.707. The largest absolute Gasteiger partial charge is 0.368 e. The van der Waals surface area contributed by atoms with Crippen LogP contribution in [0.15, 0.2) is 72.8 Å². The Labute approximate surface area is 168 Å². The molecular weight excluding hydrogens is 372 g/mol. The van der Waals surface area contributed by atoms with E-state index in [2.05, 4.69) is 15.1 Å². The van der Waals surface area contributed by atoms with Gasteiger partial charge in [-0.05, 0) is 60.7 Å². The molecule has 6 heteroatoms. The van der Waals surface area contributed by atoms with E-state index in [9.17, 15) is 13.6 Å². The molecule has 0 saturated carbocycles. The number of piperazine rings is 1. The summed E-state index contributed by atoms with van der Waals surface area (Å²) in [6.45, 7) is 3.05. The number of rotatable bonds is 4. The Morgan fingerprint density at radius 2 is 1.38 bits per heavy atom. The first kappa shape index (κ1) is 18.9. The molecule has 0 aliphatic carbocycles. The van der Waals surface area contributed by atoms with Gasteiger partial charge in [-0.15, -0.1) is 0 Å². The number of nitrogens with one attached hydrogen (secondary N) is 1. The molecule has 0 bridgehead atoms. The predicted octanol–water partition coefficient (Wildman–Crippen LogP) is 4.54. The smallest absolute Gasteiger partial charge is 0.255 e. The Morgan fingerprint density at radius 1 is 0.759 bits per heavy atom. The van der Waals surface area contributed by atoms with E-state index in [1.54, 1.807) is 6.07 Å². The topological polar surface area (TPSA) is 35.6 Å². The molecular formula is C23H21F2N3O. The first-order valence-corrected chi connectivity index (χ1v) is 9.51. The van der Waals surface area contributed by atoms with Crippen molar-refractivity contribution < 1.29 is 13.6 Å². The second-order valence-electron chi connectivity index (χ2n) is 6.93. The van der Waals surface area contributed by atoms with Crippen LogP contribution in [-0.4, -0.2) is 32.1 Å². The molecule has 1 heterocycles. The fourth-order valence-electron chi connectivity index (χ4n) is 3.47. The van der Waals surface area contributed by atoms with Gasteiger partial charge in [-0.3, -0.25) is 4.79 Å². The lowest BCUT2D eigenvalue weighted by molar-refractivity contribution is 0.102. The highest BCUT2D eigenvalue weighted by atomic mass is 19.1. The summed E-state index contributed by atoms with van der Waals surface area (Å²) in [5.74, 6) is -0.848. The zero-order valence-electron chi connectivity index (χ0n) is 15.8. The highest BCUT2D eigenvalue weighted by Crippen LogP contribution is 2.24. The van der Waals surface area contributed by atoms with Crippen LogP contribution in [0.2, 0.25) is 0 Å². The Hall–Kier alpha value is -3.41. The third kappa shape index (κ3) is 4.37. The summed E-state index contributed by atoms with van der Waals surface area (Å²) in [6.07, 6.45) is 0. The van der Waals surface area contributed by atoms with Crippen LogP contribution in [0.4, 0.5) is 25.8 Å². The molecule has 1 N–H and O–H groups in total. The Morgan fingerprint density at radius 3 is 2.03 bits per heavy atom. The maximum Gasteiger partial charge on any atom is 0.255 e. The highest BCUT2D eigenvalue weighted by molar-refractivity contribution is 6.04. The molecule has 29 heavy (non-hydrogen) atoms. The van der Waals surface area contributed by atoms with Gasteiger partial charge >= 0.3 is 0 Å². The van der Waals surface area contributed by atoms with Crippen LogP contribution in [0.5, 0.6) is 0 Å². The molecule has 1 saturated heterocycles. The number of anilines is 3. The molecule has 4 nitrogen and oxygen atoms in total. The molecule has 0 spiro atoms. The number of halogens is 2. The molecule has 1 aliphatic heterocycles. The van der Waals surface area contributed by atoms with Crippen LogP contribution in [-0.2, 0) is 0 Å². The van der Waals surface area contributed by atoms with Gasteiger partial charge in [-0.25, -0.2) is 8.78 Å². The minimum absolute atomic E-state index is 0.192. The summed E-state index contributed by atoms with van der Waals surface area (Å²) in [4.78, 5) is 16.5. The SMILES string of the molecule is O=C(Nc1ccc(N2CCN(c3ccccc3F)CC2)cc1)c1ccc(F)cc1. The van der Waals surface area contributed by atoms with E-state index in [-0.39, 0.29) is 17.5 Å². The average Bonchev–Trinajstić information content (AvgIpc) is 2.75. The average molecular weight is 393 g/mol. The Kier molecular flexibility index (Phi) is 5.42. The summed E-state index contributed by atoms with van der Waals surface area (Å²) in [7, 11) is 0. The predicted molar refractivity (Wildman–Crippen MR) is 112 cm³/mol. The number of para-hydroxylation sites is 1. The second kappa shape index (κ2) is 8.31. The molecule has 0 aromatic heterocycles. The first-order chi connectivity index (χ1) is 14.1. The van der Waals surface area contributed by atoms with Gasteiger partial charge < -0.3 is 15.1 Å². The van der Waals surface area contributed by atoms with Gasteiger partial charge in [0.05, 0.1) is 5.69 Å². The van der Waals surface area contributed by atoms with E-state index in [0.717, 1.165) is 31.9 Å². The summed E-state index contributed by atoms with van der Waals surface area (Å²) in [5.41, 5.74) is 2.77. The van der Waals surface area contributed by atoms with Crippen molar-refractivity contribution in [3.63, 3.8) is 0 Å². The van der Waals surface area contributed by atoms with E-state index in [1.807, 2.05) is 36.4 Å². The zero-order chi connectivity index (χ0) is 20.2. The van der Waals surface area contributed by atoms with Crippen molar-refractivity contribution in [2.45, 2.75) is 0 Å². The summed E-state index contributed by atoms with van der Waals surface area (Å²) >= 11 is 0. The number of hydrogen-bond acceptors (Lipinski definition) is 3. The maximum absolute atomic E-state index is 14.0. The number of carbonyl (C=O) groups excluding carboxylic acids is 1. The van der Waals surface area contributed by atoms with Gasteiger partial charge in [-0.2, -0.15) is 0 Å². The van der Waals surface area contributed by atoms with Crippen molar-refractivity contribution in [3.8, 4) is 0 Å². The molecule has 4 rings (SSSR count). The van der Waals surface area contributed by atoms with Gasteiger partial charge in [0, 0.05) is 43.1 Å². The first-order valence-electron chi connectivity index (χ1n) is 9.51. The normalized spacial score (nSPS) is 14.0.